The SMILES string of the molecule is CCCOC(=O)c1cccc(NCc2ccccc2Cl)c1. The number of carbonyl (C=O) groups is 1. The Hall–Kier alpha value is -2.00. The fourth-order valence-electron chi connectivity index (χ4n) is 1.87. The van der Waals surface area contributed by atoms with Crippen molar-refractivity contribution in [3.63, 3.8) is 0 Å². The van der Waals surface area contributed by atoms with Crippen molar-refractivity contribution in [2.75, 3.05) is 11.9 Å². The van der Waals surface area contributed by atoms with Crippen molar-refractivity contribution in [2.24, 2.45) is 0 Å². The number of nitrogens with one attached hydrogen (secondary N) is 1. The first-order chi connectivity index (χ1) is 10.2. The highest BCUT2D eigenvalue weighted by atomic mass is 35.5. The zero-order valence-electron chi connectivity index (χ0n) is 11.9. The lowest BCUT2D eigenvalue weighted by atomic mass is 10.2. The highest BCUT2D eigenvalue weighted by Gasteiger charge is 2.07. The van der Waals surface area contributed by atoms with E-state index in [9.17, 15) is 4.79 Å². The van der Waals surface area contributed by atoms with Gasteiger partial charge in [0.25, 0.3) is 0 Å². The van der Waals surface area contributed by atoms with Gasteiger partial charge in [-0.1, -0.05) is 42.8 Å². The standard InChI is InChI=1S/C17H18ClNO2/c1-2-10-21-17(20)13-7-5-8-15(11-13)19-12-14-6-3-4-9-16(14)18/h3-9,11,19H,2,10,12H2,1H3. The molecule has 0 spiro atoms. The second-order valence-corrected chi connectivity index (χ2v) is 5.07. The molecule has 0 fully saturated rings. The first-order valence-corrected chi connectivity index (χ1v) is 7.33. The monoisotopic (exact) mass is 303 g/mol. The average Bonchev–Trinajstić information content (AvgIpc) is 2.52. The van der Waals surface area contributed by atoms with Gasteiger partial charge in [-0.25, -0.2) is 4.79 Å². The zero-order valence-corrected chi connectivity index (χ0v) is 12.7. The van der Waals surface area contributed by atoms with E-state index in [1.165, 1.54) is 0 Å². The number of anilines is 1. The van der Waals surface area contributed by atoms with E-state index in [-0.39, 0.29) is 5.97 Å². The molecule has 1 N–H and O–H groups in total. The molecule has 0 aliphatic rings. The molecular weight excluding hydrogens is 286 g/mol. The molecule has 2 aromatic rings. The predicted octanol–water partition coefficient (Wildman–Crippen LogP) is 4.52. The molecule has 0 aliphatic heterocycles. The molecule has 110 valence electrons. The van der Waals surface area contributed by atoms with Gasteiger partial charge in [0, 0.05) is 17.3 Å². The number of hydrogen-bond acceptors (Lipinski definition) is 3. The van der Waals surface area contributed by atoms with Gasteiger partial charge in [-0.2, -0.15) is 0 Å². The highest BCUT2D eigenvalue weighted by molar-refractivity contribution is 6.31. The maximum atomic E-state index is 11.8. The summed E-state index contributed by atoms with van der Waals surface area (Å²) < 4.78 is 5.13. The third kappa shape index (κ3) is 4.50. The maximum Gasteiger partial charge on any atom is 0.338 e. The number of halogens is 1. The normalized spacial score (nSPS) is 10.2. The minimum Gasteiger partial charge on any atom is -0.462 e. The van der Waals surface area contributed by atoms with Crippen LogP contribution >= 0.6 is 11.6 Å². The molecule has 0 bridgehead atoms. The topological polar surface area (TPSA) is 38.3 Å². The molecule has 4 heteroatoms. The molecule has 0 aliphatic carbocycles. The Morgan fingerprint density at radius 1 is 1.19 bits per heavy atom. The van der Waals surface area contributed by atoms with E-state index in [0.29, 0.717) is 18.7 Å². The Morgan fingerprint density at radius 2 is 2.00 bits per heavy atom. The minimum absolute atomic E-state index is 0.293. The first kappa shape index (κ1) is 15.4. The van der Waals surface area contributed by atoms with Crippen molar-refractivity contribution >= 4 is 23.3 Å². The Kier molecular flexibility index (Phi) is 5.64. The van der Waals surface area contributed by atoms with Crippen molar-refractivity contribution < 1.29 is 9.53 Å². The van der Waals surface area contributed by atoms with Crippen LogP contribution < -0.4 is 5.32 Å². The summed E-state index contributed by atoms with van der Waals surface area (Å²) in [5.74, 6) is -0.293. The van der Waals surface area contributed by atoms with Crippen molar-refractivity contribution in [1.29, 1.82) is 0 Å². The van der Waals surface area contributed by atoms with E-state index >= 15 is 0 Å². The van der Waals surface area contributed by atoms with Crippen LogP contribution in [0.4, 0.5) is 5.69 Å². The highest BCUT2D eigenvalue weighted by Crippen LogP contribution is 2.18. The summed E-state index contributed by atoms with van der Waals surface area (Å²) in [6, 6.07) is 14.9. The van der Waals surface area contributed by atoms with Gasteiger partial charge in [0.1, 0.15) is 0 Å². The van der Waals surface area contributed by atoms with E-state index in [2.05, 4.69) is 5.32 Å². The van der Waals surface area contributed by atoms with Gasteiger partial charge < -0.3 is 10.1 Å². The minimum atomic E-state index is -0.293. The summed E-state index contributed by atoms with van der Waals surface area (Å²) in [5, 5.41) is 3.99. The largest absolute Gasteiger partial charge is 0.462 e. The van der Waals surface area contributed by atoms with Gasteiger partial charge in [-0.05, 0) is 36.2 Å². The lowest BCUT2D eigenvalue weighted by Crippen LogP contribution is -2.07. The van der Waals surface area contributed by atoms with Crippen LogP contribution in [0.3, 0.4) is 0 Å². The van der Waals surface area contributed by atoms with E-state index in [0.717, 1.165) is 22.7 Å². The third-order valence-electron chi connectivity index (χ3n) is 2.98. The first-order valence-electron chi connectivity index (χ1n) is 6.95. The molecule has 0 unspecified atom stereocenters. The molecule has 0 aromatic heterocycles. The summed E-state index contributed by atoms with van der Waals surface area (Å²) in [4.78, 5) is 11.8. The van der Waals surface area contributed by atoms with E-state index in [4.69, 9.17) is 16.3 Å². The Balaban J connectivity index is 2.01. The van der Waals surface area contributed by atoms with E-state index in [1.807, 2.05) is 43.3 Å². The van der Waals surface area contributed by atoms with Crippen molar-refractivity contribution in [3.8, 4) is 0 Å². The summed E-state index contributed by atoms with van der Waals surface area (Å²) in [6.45, 7) is 3.01. The van der Waals surface area contributed by atoms with Crippen LogP contribution in [0.15, 0.2) is 48.5 Å². The molecule has 2 aromatic carbocycles. The van der Waals surface area contributed by atoms with E-state index in [1.54, 1.807) is 12.1 Å². The van der Waals surface area contributed by atoms with Crippen LogP contribution in [-0.4, -0.2) is 12.6 Å². The molecule has 0 saturated heterocycles. The number of hydrogen-bond donors (Lipinski definition) is 1. The van der Waals surface area contributed by atoms with Crippen LogP contribution in [0.25, 0.3) is 0 Å². The summed E-state index contributed by atoms with van der Waals surface area (Å²) in [6.07, 6.45) is 0.816. The molecule has 0 heterocycles. The maximum absolute atomic E-state index is 11.8. The van der Waals surface area contributed by atoms with Gasteiger partial charge in [-0.15, -0.1) is 0 Å². The smallest absolute Gasteiger partial charge is 0.338 e. The van der Waals surface area contributed by atoms with Crippen LogP contribution in [0.2, 0.25) is 5.02 Å². The number of esters is 1. The van der Waals surface area contributed by atoms with Crippen LogP contribution in [-0.2, 0) is 11.3 Å². The van der Waals surface area contributed by atoms with Crippen molar-refractivity contribution in [3.05, 3.63) is 64.7 Å². The number of carbonyl (C=O) groups excluding carboxylic acids is 1. The van der Waals surface area contributed by atoms with Crippen LogP contribution in [0.5, 0.6) is 0 Å². The molecule has 0 radical (unpaired) electrons. The fourth-order valence-corrected chi connectivity index (χ4v) is 2.08. The number of rotatable bonds is 6. The summed E-state index contributed by atoms with van der Waals surface area (Å²) >= 11 is 6.12. The van der Waals surface area contributed by atoms with E-state index < -0.39 is 0 Å². The molecule has 0 saturated carbocycles. The second kappa shape index (κ2) is 7.70. The summed E-state index contributed by atoms with van der Waals surface area (Å²) in [7, 11) is 0. The molecular formula is C17H18ClNO2. The summed E-state index contributed by atoms with van der Waals surface area (Å²) in [5.41, 5.74) is 2.42. The van der Waals surface area contributed by atoms with Crippen LogP contribution in [0, 0.1) is 0 Å². The van der Waals surface area contributed by atoms with Crippen LogP contribution in [0.1, 0.15) is 29.3 Å². The third-order valence-corrected chi connectivity index (χ3v) is 3.35. The van der Waals surface area contributed by atoms with Gasteiger partial charge in [-0.3, -0.25) is 0 Å². The van der Waals surface area contributed by atoms with Crippen molar-refractivity contribution in [2.45, 2.75) is 19.9 Å². The molecule has 0 atom stereocenters. The van der Waals surface area contributed by atoms with Gasteiger partial charge >= 0.3 is 5.97 Å². The van der Waals surface area contributed by atoms with Crippen molar-refractivity contribution in [1.82, 2.24) is 0 Å². The number of ether oxygens (including phenoxy) is 1. The zero-order chi connectivity index (χ0) is 15.1. The lowest BCUT2D eigenvalue weighted by Gasteiger charge is -2.09. The predicted molar refractivity (Wildman–Crippen MR) is 85.8 cm³/mol. The van der Waals surface area contributed by atoms with Gasteiger partial charge in [0.15, 0.2) is 0 Å². The average molecular weight is 304 g/mol. The second-order valence-electron chi connectivity index (χ2n) is 4.66. The number of benzene rings is 2. The quantitative estimate of drug-likeness (QED) is 0.797. The Labute approximate surface area is 129 Å². The molecule has 3 nitrogen and oxygen atoms in total. The van der Waals surface area contributed by atoms with Gasteiger partial charge in [0.2, 0.25) is 0 Å². The fraction of sp³-hybridized carbons (Fsp3) is 0.235. The molecule has 21 heavy (non-hydrogen) atoms. The lowest BCUT2D eigenvalue weighted by molar-refractivity contribution is 0.0505. The molecule has 0 amide bonds. The molecule has 2 rings (SSSR count). The Bertz CT molecular complexity index is 613. The Morgan fingerprint density at radius 3 is 2.76 bits per heavy atom. The van der Waals surface area contributed by atoms with Gasteiger partial charge in [0.05, 0.1) is 12.2 Å².